The maximum absolute atomic E-state index is 14.4. The van der Waals surface area contributed by atoms with Crippen molar-refractivity contribution in [2.24, 2.45) is 0 Å². The van der Waals surface area contributed by atoms with Gasteiger partial charge in [-0.3, -0.25) is 13.9 Å². The molecule has 7 nitrogen and oxygen atoms in total. The number of hydrogen-bond donors (Lipinski definition) is 1. The molecule has 0 aromatic heterocycles. The van der Waals surface area contributed by atoms with Crippen molar-refractivity contribution in [2.45, 2.75) is 45.7 Å². The van der Waals surface area contributed by atoms with Gasteiger partial charge in [0.05, 0.1) is 11.9 Å². The van der Waals surface area contributed by atoms with Crippen molar-refractivity contribution >= 4 is 27.5 Å². The predicted octanol–water partition coefficient (Wildman–Crippen LogP) is 4.46. The molecule has 0 saturated carbocycles. The Labute approximate surface area is 230 Å². The van der Waals surface area contributed by atoms with E-state index in [1.165, 1.54) is 18.2 Å². The fourth-order valence-corrected chi connectivity index (χ4v) is 5.34. The number of carbonyl (C=O) groups excluding carboxylic acids is 2. The Balaban J connectivity index is 1.86. The molecule has 0 saturated heterocycles. The summed E-state index contributed by atoms with van der Waals surface area (Å²) in [6, 6.07) is 22.1. The van der Waals surface area contributed by atoms with E-state index in [2.05, 4.69) is 5.32 Å². The second kappa shape index (κ2) is 13.9. The SMILES string of the molecule is CCNC(=O)[C@H](Cc1ccccc1)N(Cc1ccc(C)cc1)C(=O)CCCN(c1ccccc1F)S(C)(=O)=O. The number of nitrogens with zero attached hydrogens (tertiary/aromatic N) is 2. The summed E-state index contributed by atoms with van der Waals surface area (Å²) in [5.41, 5.74) is 2.81. The van der Waals surface area contributed by atoms with E-state index in [4.69, 9.17) is 0 Å². The molecule has 0 fully saturated rings. The van der Waals surface area contributed by atoms with Crippen molar-refractivity contribution in [3.63, 3.8) is 0 Å². The van der Waals surface area contributed by atoms with Crippen LogP contribution in [0, 0.1) is 12.7 Å². The zero-order valence-electron chi connectivity index (χ0n) is 22.6. The van der Waals surface area contributed by atoms with Gasteiger partial charge in [0.15, 0.2) is 0 Å². The van der Waals surface area contributed by atoms with E-state index < -0.39 is 21.9 Å². The highest BCUT2D eigenvalue weighted by molar-refractivity contribution is 7.92. The smallest absolute Gasteiger partial charge is 0.243 e. The molecule has 3 aromatic rings. The summed E-state index contributed by atoms with van der Waals surface area (Å²) < 4.78 is 40.3. The topological polar surface area (TPSA) is 86.8 Å². The molecular weight excluding hydrogens is 517 g/mol. The second-order valence-electron chi connectivity index (χ2n) is 9.50. The number of para-hydroxylation sites is 1. The average molecular weight is 554 g/mol. The highest BCUT2D eigenvalue weighted by Gasteiger charge is 2.30. The number of anilines is 1. The number of rotatable bonds is 13. The lowest BCUT2D eigenvalue weighted by Crippen LogP contribution is -2.50. The van der Waals surface area contributed by atoms with E-state index >= 15 is 0 Å². The monoisotopic (exact) mass is 553 g/mol. The number of amides is 2. The van der Waals surface area contributed by atoms with E-state index in [0.717, 1.165) is 27.3 Å². The van der Waals surface area contributed by atoms with Crippen LogP contribution in [0.25, 0.3) is 0 Å². The number of halogens is 1. The number of carbonyl (C=O) groups is 2. The molecule has 0 radical (unpaired) electrons. The Morgan fingerprint density at radius 1 is 0.923 bits per heavy atom. The Hall–Kier alpha value is -3.72. The van der Waals surface area contributed by atoms with Crippen LogP contribution < -0.4 is 9.62 Å². The lowest BCUT2D eigenvalue weighted by atomic mass is 10.0. The number of likely N-dealkylation sites (N-methyl/N-ethyl adjacent to an activating group) is 1. The van der Waals surface area contributed by atoms with Crippen molar-refractivity contribution in [1.29, 1.82) is 0 Å². The van der Waals surface area contributed by atoms with Crippen LogP contribution in [0.1, 0.15) is 36.5 Å². The number of nitrogens with one attached hydrogen (secondary N) is 1. The van der Waals surface area contributed by atoms with Crippen LogP contribution in [0.4, 0.5) is 10.1 Å². The van der Waals surface area contributed by atoms with Gasteiger partial charge in [-0.05, 0) is 43.5 Å². The predicted molar refractivity (Wildman–Crippen MR) is 152 cm³/mol. The van der Waals surface area contributed by atoms with Gasteiger partial charge in [0, 0.05) is 32.5 Å². The van der Waals surface area contributed by atoms with E-state index in [0.29, 0.717) is 13.0 Å². The first-order valence-corrected chi connectivity index (χ1v) is 14.8. The van der Waals surface area contributed by atoms with Crippen molar-refractivity contribution < 1.29 is 22.4 Å². The van der Waals surface area contributed by atoms with Crippen LogP contribution in [0.3, 0.4) is 0 Å². The van der Waals surface area contributed by atoms with Crippen LogP contribution in [0.15, 0.2) is 78.9 Å². The highest BCUT2D eigenvalue weighted by atomic mass is 32.2. The fraction of sp³-hybridized carbons (Fsp3) is 0.333. The minimum Gasteiger partial charge on any atom is -0.355 e. The van der Waals surface area contributed by atoms with Gasteiger partial charge in [-0.1, -0.05) is 72.3 Å². The van der Waals surface area contributed by atoms with Crippen molar-refractivity contribution in [3.8, 4) is 0 Å². The molecule has 2 amide bonds. The number of benzene rings is 3. The molecule has 0 aliphatic heterocycles. The van der Waals surface area contributed by atoms with Crippen molar-refractivity contribution in [2.75, 3.05) is 23.7 Å². The van der Waals surface area contributed by atoms with Gasteiger partial charge < -0.3 is 10.2 Å². The molecule has 208 valence electrons. The van der Waals surface area contributed by atoms with Gasteiger partial charge in [0.2, 0.25) is 21.8 Å². The summed E-state index contributed by atoms with van der Waals surface area (Å²) in [5, 5.41) is 2.86. The first-order valence-electron chi connectivity index (χ1n) is 13.0. The molecule has 3 aromatic carbocycles. The lowest BCUT2D eigenvalue weighted by Gasteiger charge is -2.32. The van der Waals surface area contributed by atoms with Crippen LogP contribution in [0.5, 0.6) is 0 Å². The minimum absolute atomic E-state index is 0.0168. The Morgan fingerprint density at radius 2 is 1.56 bits per heavy atom. The third kappa shape index (κ3) is 8.64. The third-order valence-corrected chi connectivity index (χ3v) is 7.55. The number of sulfonamides is 1. The van der Waals surface area contributed by atoms with Crippen LogP contribution in [0.2, 0.25) is 0 Å². The largest absolute Gasteiger partial charge is 0.355 e. The summed E-state index contributed by atoms with van der Waals surface area (Å²) in [6.45, 7) is 4.36. The standard InChI is InChI=1S/C30H36FN3O4S/c1-4-32-30(36)28(21-24-11-6-5-7-12-24)33(22-25-18-16-23(2)17-19-25)29(35)15-10-20-34(39(3,37)38)27-14-9-8-13-26(27)31/h5-9,11-14,16-19,28H,4,10,15,20-22H2,1-3H3,(H,32,36)/t28-/m0/s1. The molecule has 1 atom stereocenters. The summed E-state index contributed by atoms with van der Waals surface area (Å²) in [6.07, 6.45) is 1.47. The van der Waals surface area contributed by atoms with Crippen LogP contribution in [-0.4, -0.2) is 50.5 Å². The quantitative estimate of drug-likeness (QED) is 0.339. The summed E-state index contributed by atoms with van der Waals surface area (Å²) in [5.74, 6) is -1.20. The maximum Gasteiger partial charge on any atom is 0.243 e. The first kappa shape index (κ1) is 29.8. The molecule has 0 spiro atoms. The van der Waals surface area contributed by atoms with Gasteiger partial charge in [-0.2, -0.15) is 0 Å². The van der Waals surface area contributed by atoms with Gasteiger partial charge in [0.1, 0.15) is 11.9 Å². The molecule has 0 aliphatic rings. The van der Waals surface area contributed by atoms with E-state index in [9.17, 15) is 22.4 Å². The summed E-state index contributed by atoms with van der Waals surface area (Å²) in [4.78, 5) is 28.5. The lowest BCUT2D eigenvalue weighted by molar-refractivity contribution is -0.141. The summed E-state index contributed by atoms with van der Waals surface area (Å²) >= 11 is 0. The zero-order chi connectivity index (χ0) is 28.4. The van der Waals surface area contributed by atoms with Crippen LogP contribution in [-0.2, 0) is 32.6 Å². The Morgan fingerprint density at radius 3 is 2.18 bits per heavy atom. The number of hydrogen-bond acceptors (Lipinski definition) is 4. The normalized spacial score (nSPS) is 12.0. The molecular formula is C30H36FN3O4S. The van der Waals surface area contributed by atoms with Gasteiger partial charge in [-0.25, -0.2) is 12.8 Å². The van der Waals surface area contributed by atoms with Crippen molar-refractivity contribution in [1.82, 2.24) is 10.2 Å². The highest BCUT2D eigenvalue weighted by Crippen LogP contribution is 2.23. The van der Waals surface area contributed by atoms with E-state index in [1.807, 2.05) is 68.4 Å². The Bertz CT molecular complexity index is 1350. The third-order valence-electron chi connectivity index (χ3n) is 6.37. The Kier molecular flexibility index (Phi) is 10.6. The molecule has 0 aliphatic carbocycles. The zero-order valence-corrected chi connectivity index (χ0v) is 23.5. The summed E-state index contributed by atoms with van der Waals surface area (Å²) in [7, 11) is -3.78. The van der Waals surface area contributed by atoms with Crippen molar-refractivity contribution in [3.05, 3.63) is 101 Å². The van der Waals surface area contributed by atoms with Gasteiger partial charge >= 0.3 is 0 Å². The molecule has 0 bridgehead atoms. The maximum atomic E-state index is 14.4. The first-order chi connectivity index (χ1) is 18.6. The number of aryl methyl sites for hydroxylation is 1. The molecule has 1 N–H and O–H groups in total. The second-order valence-corrected chi connectivity index (χ2v) is 11.4. The molecule has 0 heterocycles. The molecule has 39 heavy (non-hydrogen) atoms. The van der Waals surface area contributed by atoms with Gasteiger partial charge in [0.25, 0.3) is 0 Å². The minimum atomic E-state index is -3.78. The molecule has 3 rings (SSSR count). The van der Waals surface area contributed by atoms with Crippen LogP contribution >= 0.6 is 0 Å². The average Bonchev–Trinajstić information content (AvgIpc) is 2.90. The van der Waals surface area contributed by atoms with E-state index in [1.54, 1.807) is 11.0 Å². The van der Waals surface area contributed by atoms with Gasteiger partial charge in [-0.15, -0.1) is 0 Å². The molecule has 0 unspecified atom stereocenters. The van der Waals surface area contributed by atoms with E-state index in [-0.39, 0.29) is 43.4 Å². The molecule has 9 heteroatoms. The fourth-order valence-electron chi connectivity index (χ4n) is 4.37.